The number of para-hydroxylation sites is 2. The number of nitrogens with zero attached hydrogens (tertiary/aromatic N) is 6. The number of hydrogen-bond acceptors (Lipinski definition) is 28. The molecule has 3 aliphatic heterocycles. The number of phenolic OH excluding ortho intramolecular Hbond substituents is 1. The molecule has 48 heteroatoms. The Morgan fingerprint density at radius 1 is 0.552 bits per heavy atom. The van der Waals surface area contributed by atoms with Gasteiger partial charge >= 0.3 is 5.97 Å². The highest BCUT2D eigenvalue weighted by atomic mass is 32.2. The molecular formula is C97H143N21O26S. The fourth-order valence-corrected chi connectivity index (χ4v) is 18.7. The van der Waals surface area contributed by atoms with Crippen molar-refractivity contribution in [1.82, 2.24) is 92.5 Å². The van der Waals surface area contributed by atoms with Gasteiger partial charge in [0.15, 0.2) is 0 Å². The van der Waals surface area contributed by atoms with E-state index in [2.05, 4.69) is 63.5 Å². The zero-order chi connectivity index (χ0) is 107. The normalized spacial score (nSPS) is 24.9. The number of phenols is 1. The molecule has 3 aliphatic rings. The molecule has 17 amide bonds. The number of carbonyl (C=O) groups is 18. The van der Waals surface area contributed by atoms with Crippen molar-refractivity contribution in [2.75, 3.05) is 78.5 Å². The molecule has 26 N–H and O–H groups in total. The first-order valence-electron chi connectivity index (χ1n) is 48.8. The van der Waals surface area contributed by atoms with Crippen LogP contribution in [0.5, 0.6) is 5.75 Å². The minimum absolute atomic E-state index is 0.0194. The number of carbonyl (C=O) groups excluding carboxylic acids is 17. The summed E-state index contributed by atoms with van der Waals surface area (Å²) in [7, 11) is 3.84. The second-order valence-electron chi connectivity index (χ2n) is 38.0. The topological polar surface area (TPSA) is 716 Å². The molecule has 2 aromatic heterocycles. The van der Waals surface area contributed by atoms with E-state index >= 15 is 47.9 Å². The number of amides is 17. The SMILES string of the molecule is CCCC[C@H]1C(=O)N(C)[C@@H](CCCC)C(=O)N[C@@H](CC(C)C)C(=O)N[C@H](C(=O)NCC(N)=O)CSCC(=O)N[C@@H](Cc2ccc(O)cc2)C(=O)N(C)[C@@H](C)C(=O)N[C@@H](CC(N)=O)C(=O)N2CCC[C@H]2C(=O)N[C@@H](CNC[C@H](O)[C@H](O)[C@H](O)[C@H](O)CO)C(=O)N[C@@H](CC(C)C)C(=O)N2C[C@H](O)C[C@H]2C(=O)N[C@@H](Cc2c[nH]c3ccccc23)C(=O)N[C@@H](CCN)C(=O)N[C@@H](Cc2cn(CC(=O)O)c3ccccc23)C(=O)N1C. The van der Waals surface area contributed by atoms with Crippen molar-refractivity contribution in [3.05, 3.63) is 102 Å². The van der Waals surface area contributed by atoms with E-state index in [9.17, 15) is 79.2 Å². The van der Waals surface area contributed by atoms with Gasteiger partial charge in [0.2, 0.25) is 100 Å². The molecule has 3 saturated heterocycles. The lowest BCUT2D eigenvalue weighted by Gasteiger charge is -2.36. The molecule has 0 aliphatic carbocycles. The number of aliphatic hydroxyl groups excluding tert-OH is 6. The number of thioether (sulfide) groups is 1. The van der Waals surface area contributed by atoms with Crippen molar-refractivity contribution in [3.63, 3.8) is 0 Å². The van der Waals surface area contributed by atoms with Gasteiger partial charge in [-0.2, -0.15) is 0 Å². The van der Waals surface area contributed by atoms with E-state index in [4.69, 9.17) is 17.2 Å². The van der Waals surface area contributed by atoms with E-state index in [0.29, 0.717) is 64.2 Å². The molecule has 0 spiro atoms. The Labute approximate surface area is 843 Å². The maximum atomic E-state index is 16.0. The van der Waals surface area contributed by atoms with Crippen LogP contribution in [0.3, 0.4) is 0 Å². The third kappa shape index (κ3) is 33.3. The van der Waals surface area contributed by atoms with Gasteiger partial charge in [-0.05, 0) is 111 Å². The Morgan fingerprint density at radius 3 is 1.74 bits per heavy atom. The molecule has 3 aromatic carbocycles. The first kappa shape index (κ1) is 117. The summed E-state index contributed by atoms with van der Waals surface area (Å²) in [5.41, 5.74) is 19.6. The fourth-order valence-electron chi connectivity index (χ4n) is 17.8. The van der Waals surface area contributed by atoms with Crippen LogP contribution in [0, 0.1) is 11.8 Å². The number of primary amides is 2. The summed E-state index contributed by atoms with van der Waals surface area (Å²) in [5.74, 6) is -20.1. The van der Waals surface area contributed by atoms with Gasteiger partial charge in [-0.1, -0.05) is 116 Å². The van der Waals surface area contributed by atoms with Crippen LogP contribution in [0.25, 0.3) is 21.8 Å². The highest BCUT2D eigenvalue weighted by Gasteiger charge is 2.47. The molecule has 0 radical (unpaired) electrons. The summed E-state index contributed by atoms with van der Waals surface area (Å²) in [6.07, 6.45) is -8.23. The maximum absolute atomic E-state index is 16.0. The number of nitrogens with one attached hydrogen (secondary N) is 12. The average molecular weight is 2050 g/mol. The largest absolute Gasteiger partial charge is 0.508 e. The van der Waals surface area contributed by atoms with Gasteiger partial charge in [0, 0.05) is 113 Å². The van der Waals surface area contributed by atoms with E-state index in [1.165, 1.54) is 63.1 Å². The van der Waals surface area contributed by atoms with Crippen molar-refractivity contribution in [1.29, 1.82) is 0 Å². The second kappa shape index (κ2) is 55.9. The molecule has 3 fully saturated rings. The Bertz CT molecular complexity index is 5350. The number of unbranched alkanes of at least 4 members (excludes halogenated alkanes) is 2. The number of rotatable bonds is 33. The number of carboxylic acids is 1. The molecule has 145 heavy (non-hydrogen) atoms. The van der Waals surface area contributed by atoms with E-state index in [1.54, 1.807) is 82.4 Å². The first-order valence-corrected chi connectivity index (χ1v) is 50.0. The molecule has 0 saturated carbocycles. The third-order valence-corrected chi connectivity index (χ3v) is 26.9. The zero-order valence-electron chi connectivity index (χ0n) is 83.3. The summed E-state index contributed by atoms with van der Waals surface area (Å²) in [6, 6.07) is -3.62. The van der Waals surface area contributed by atoms with Crippen LogP contribution in [-0.4, -0.2) is 375 Å². The summed E-state index contributed by atoms with van der Waals surface area (Å²) in [4.78, 5) is 273. The van der Waals surface area contributed by atoms with Gasteiger partial charge in [-0.25, -0.2) is 0 Å². The highest BCUT2D eigenvalue weighted by Crippen LogP contribution is 2.29. The monoisotopic (exact) mass is 2050 g/mol. The van der Waals surface area contributed by atoms with E-state index in [1.807, 2.05) is 13.8 Å². The van der Waals surface area contributed by atoms with Crippen molar-refractivity contribution in [3.8, 4) is 5.75 Å². The quantitative estimate of drug-likeness (QED) is 0.0187. The number of H-pyrrole nitrogens is 1. The number of aliphatic hydroxyl groups is 6. The minimum Gasteiger partial charge on any atom is -0.508 e. The van der Waals surface area contributed by atoms with Gasteiger partial charge in [-0.15, -0.1) is 11.8 Å². The van der Waals surface area contributed by atoms with Gasteiger partial charge in [-0.3, -0.25) is 86.3 Å². The Hall–Kier alpha value is -13.0. The van der Waals surface area contributed by atoms with Gasteiger partial charge < -0.3 is 151 Å². The molecule has 0 bridgehead atoms. The molecule has 19 atom stereocenters. The van der Waals surface area contributed by atoms with Crippen molar-refractivity contribution < 1.29 is 127 Å². The molecule has 5 aromatic rings. The van der Waals surface area contributed by atoms with E-state index in [-0.39, 0.29) is 82.5 Å². The molecule has 798 valence electrons. The summed E-state index contributed by atoms with van der Waals surface area (Å²) >= 11 is 0.758. The minimum atomic E-state index is -2.14. The summed E-state index contributed by atoms with van der Waals surface area (Å²) in [6.45, 7) is 6.87. The van der Waals surface area contributed by atoms with Gasteiger partial charge in [0.1, 0.15) is 115 Å². The molecular weight excluding hydrogens is 1910 g/mol. The first-order chi connectivity index (χ1) is 68.7. The third-order valence-electron chi connectivity index (χ3n) is 25.9. The van der Waals surface area contributed by atoms with Crippen LogP contribution < -0.4 is 75.7 Å². The lowest BCUT2D eigenvalue weighted by Crippen LogP contribution is -2.62. The summed E-state index contributed by atoms with van der Waals surface area (Å²) < 4.78 is 1.42. The zero-order valence-corrected chi connectivity index (χ0v) is 84.2. The number of aliphatic carboxylic acids is 1. The van der Waals surface area contributed by atoms with Crippen molar-refractivity contribution in [2.45, 2.75) is 273 Å². The molecule has 8 rings (SSSR count). The second-order valence-corrected chi connectivity index (χ2v) is 39.1. The van der Waals surface area contributed by atoms with Gasteiger partial charge in [0.05, 0.1) is 37.5 Å². The van der Waals surface area contributed by atoms with Crippen LogP contribution in [0.1, 0.15) is 149 Å². The van der Waals surface area contributed by atoms with E-state index < -0.39 is 298 Å². The standard InChI is InChI=1S/C97H143N21O26S/c1-11-13-23-72-90(137)106-63(34-51(3)4)87(134)112-70(85(132)103-44-79(100)125)49-145-50-80(126)104-66(36-54-27-29-57(120)30-28-54)93(140)113(8)53(7)84(131)108-68(40-78(99)124)95(142)117-33-19-26-73(117)91(138)111-69(42-101-43-76(122)82(129)83(130)77(123)48-119)89(136)109-65(35-52(5)6)96(143)118-46-58(121)39-75(118)92(139)107-64(37-55-41-102-61-22-17-15-20-59(55)61)88(135)105-62(31-32-98)86(133)110-67(94(141)115(10)74(24-14-12-2)97(144)114(72)9)38-56-45-116(47-81(127)128)71-25-18-16-21-60(56)71/h15-18,20-22,25,27-30,41,45,51-53,58,62-70,72-77,82-83,101-102,119-123,129-130H,11-14,19,23-24,26,31-40,42-44,46-50,98H2,1-10H3,(H2,99,124)(H2,100,125)(H,103,132)(H,104,126)(H,105,135)(H,106,137)(H,107,139)(H,108,131)(H,109,136)(H,110,133)(H,111,138)(H,112,134)(H,127,128)/t53-,58+,62-,63-,64-,65-,66-,67-,68-,69-,70-,72-,73-,74-,75-,76-,77+,82-,83+/m0/s1. The van der Waals surface area contributed by atoms with E-state index in [0.717, 1.165) is 36.3 Å². The lowest BCUT2D eigenvalue weighted by molar-refractivity contribution is -0.149. The van der Waals surface area contributed by atoms with Crippen LogP contribution in [0.15, 0.2) is 85.2 Å². The molecule has 5 heterocycles. The predicted molar refractivity (Wildman–Crippen MR) is 530 cm³/mol. The van der Waals surface area contributed by atoms with Crippen molar-refractivity contribution in [2.24, 2.45) is 29.0 Å². The fraction of sp³-hybridized carbons (Fsp3) is 0.588. The van der Waals surface area contributed by atoms with Crippen LogP contribution in [0.4, 0.5) is 0 Å². The van der Waals surface area contributed by atoms with Crippen LogP contribution >= 0.6 is 11.8 Å². The number of nitrogens with two attached hydrogens (primary N) is 3. The number of likely N-dealkylation sites (N-methyl/N-ethyl adjacent to an activating group) is 3. The summed E-state index contributed by atoms with van der Waals surface area (Å²) in [5, 5.41) is 114. The number of hydrogen-bond donors (Lipinski definition) is 23. The Kier molecular flexibility index (Phi) is 45.2. The number of aromatic amines is 1. The lowest BCUT2D eigenvalue weighted by atomic mass is 9.99. The number of aromatic nitrogens is 2. The smallest absolute Gasteiger partial charge is 0.323 e. The molecule has 0 unspecified atom stereocenters. The van der Waals surface area contributed by atoms with Gasteiger partial charge in [0.25, 0.3) is 0 Å². The molecule has 47 nitrogen and oxygen atoms in total. The number of fused-ring (bicyclic) bond motifs is 4. The number of aromatic hydroxyl groups is 1. The van der Waals surface area contributed by atoms with Crippen molar-refractivity contribution >= 4 is 140 Å². The van der Waals surface area contributed by atoms with Crippen LogP contribution in [-0.2, 0) is 112 Å². The maximum Gasteiger partial charge on any atom is 0.323 e. The van der Waals surface area contributed by atoms with Crippen LogP contribution in [0.2, 0.25) is 0 Å². The highest BCUT2D eigenvalue weighted by molar-refractivity contribution is 8.00. The predicted octanol–water partition coefficient (Wildman–Crippen LogP) is -5.17. The average Bonchev–Trinajstić information content (AvgIpc) is 1.64. The number of benzene rings is 3. The Balaban J connectivity index is 1.24. The Morgan fingerprint density at radius 2 is 1.10 bits per heavy atom. The number of carboxylic acid groups (broad SMARTS) is 1.